The topological polar surface area (TPSA) is 98.3 Å². The molecule has 1 aromatic rings. The second-order valence-electron chi connectivity index (χ2n) is 3.57. The summed E-state index contributed by atoms with van der Waals surface area (Å²) in [6, 6.07) is 3.52. The SMILES string of the molecule is C[C@@H](CN)NC(=O)c1cc(Cl)cc([N+](=O)[O-])c1. The lowest BCUT2D eigenvalue weighted by atomic mass is 10.1. The quantitative estimate of drug-likeness (QED) is 0.628. The van der Waals surface area contributed by atoms with Gasteiger partial charge < -0.3 is 11.1 Å². The van der Waals surface area contributed by atoms with Gasteiger partial charge in [-0.3, -0.25) is 14.9 Å². The number of carbonyl (C=O) groups excluding carboxylic acids is 1. The fraction of sp³-hybridized carbons (Fsp3) is 0.300. The molecule has 7 heteroatoms. The fourth-order valence-electron chi connectivity index (χ4n) is 1.18. The van der Waals surface area contributed by atoms with E-state index in [0.29, 0.717) is 0 Å². The number of benzene rings is 1. The number of hydrogen-bond acceptors (Lipinski definition) is 4. The van der Waals surface area contributed by atoms with Crippen molar-refractivity contribution in [1.82, 2.24) is 5.32 Å². The molecule has 3 N–H and O–H groups in total. The first kappa shape index (κ1) is 13.4. The van der Waals surface area contributed by atoms with E-state index in [0.717, 1.165) is 0 Å². The molecule has 1 rings (SSSR count). The summed E-state index contributed by atoms with van der Waals surface area (Å²) in [5.41, 5.74) is 5.28. The Kier molecular flexibility index (Phi) is 4.42. The van der Waals surface area contributed by atoms with E-state index in [1.165, 1.54) is 18.2 Å². The summed E-state index contributed by atoms with van der Waals surface area (Å²) in [7, 11) is 0. The molecule has 92 valence electrons. The maximum Gasteiger partial charge on any atom is 0.271 e. The van der Waals surface area contributed by atoms with Crippen LogP contribution in [0.4, 0.5) is 5.69 Å². The van der Waals surface area contributed by atoms with Gasteiger partial charge in [0.05, 0.1) is 4.92 Å². The van der Waals surface area contributed by atoms with E-state index in [4.69, 9.17) is 17.3 Å². The number of non-ortho nitro benzene ring substituents is 1. The Morgan fingerprint density at radius 3 is 2.76 bits per heavy atom. The molecule has 0 spiro atoms. The monoisotopic (exact) mass is 257 g/mol. The summed E-state index contributed by atoms with van der Waals surface area (Å²) >= 11 is 5.70. The van der Waals surface area contributed by atoms with Crippen molar-refractivity contribution in [3.8, 4) is 0 Å². The van der Waals surface area contributed by atoms with Gasteiger partial charge in [-0.25, -0.2) is 0 Å². The van der Waals surface area contributed by atoms with Crippen LogP contribution in [0.25, 0.3) is 0 Å². The van der Waals surface area contributed by atoms with Gasteiger partial charge in [-0.05, 0) is 13.0 Å². The zero-order valence-electron chi connectivity index (χ0n) is 9.14. The van der Waals surface area contributed by atoms with Crippen LogP contribution in [0.1, 0.15) is 17.3 Å². The van der Waals surface area contributed by atoms with E-state index in [2.05, 4.69) is 5.32 Å². The van der Waals surface area contributed by atoms with Gasteiger partial charge in [0.15, 0.2) is 0 Å². The van der Waals surface area contributed by atoms with Crippen molar-refractivity contribution in [2.45, 2.75) is 13.0 Å². The lowest BCUT2D eigenvalue weighted by molar-refractivity contribution is -0.384. The standard InChI is InChI=1S/C10H12ClN3O3/c1-6(5-12)13-10(15)7-2-8(11)4-9(3-7)14(16)17/h2-4,6H,5,12H2,1H3,(H,13,15)/t6-/m0/s1. The second kappa shape index (κ2) is 5.60. The lowest BCUT2D eigenvalue weighted by Crippen LogP contribution is -2.37. The van der Waals surface area contributed by atoms with Gasteiger partial charge >= 0.3 is 0 Å². The Balaban J connectivity index is 2.97. The van der Waals surface area contributed by atoms with Crippen LogP contribution in [0.15, 0.2) is 18.2 Å². The third-order valence-electron chi connectivity index (χ3n) is 2.09. The summed E-state index contributed by atoms with van der Waals surface area (Å²) in [6.45, 7) is 2.02. The number of amides is 1. The van der Waals surface area contributed by atoms with Gasteiger partial charge in [0.1, 0.15) is 0 Å². The van der Waals surface area contributed by atoms with Crippen molar-refractivity contribution in [2.75, 3.05) is 6.54 Å². The maximum atomic E-state index is 11.7. The Morgan fingerprint density at radius 2 is 2.24 bits per heavy atom. The molecule has 0 bridgehead atoms. The molecule has 0 aliphatic rings. The molecule has 1 amide bonds. The predicted molar refractivity (Wildman–Crippen MR) is 64.1 cm³/mol. The van der Waals surface area contributed by atoms with E-state index < -0.39 is 10.8 Å². The molecule has 0 aliphatic heterocycles. The van der Waals surface area contributed by atoms with E-state index in [1.54, 1.807) is 6.92 Å². The highest BCUT2D eigenvalue weighted by atomic mass is 35.5. The van der Waals surface area contributed by atoms with E-state index >= 15 is 0 Å². The largest absolute Gasteiger partial charge is 0.348 e. The number of nitro benzene ring substituents is 1. The summed E-state index contributed by atoms with van der Waals surface area (Å²) in [6.07, 6.45) is 0. The van der Waals surface area contributed by atoms with Gasteiger partial charge in [-0.1, -0.05) is 11.6 Å². The molecule has 0 saturated heterocycles. The smallest absolute Gasteiger partial charge is 0.271 e. The van der Waals surface area contributed by atoms with Gasteiger partial charge in [-0.2, -0.15) is 0 Å². The third kappa shape index (κ3) is 3.69. The second-order valence-corrected chi connectivity index (χ2v) is 4.00. The molecule has 17 heavy (non-hydrogen) atoms. The molecular weight excluding hydrogens is 246 g/mol. The molecular formula is C10H12ClN3O3. The molecule has 1 atom stereocenters. The summed E-state index contributed by atoms with van der Waals surface area (Å²) in [5.74, 6) is -0.437. The Morgan fingerprint density at radius 1 is 1.59 bits per heavy atom. The van der Waals surface area contributed by atoms with Crippen molar-refractivity contribution in [1.29, 1.82) is 0 Å². The minimum absolute atomic E-state index is 0.143. The first-order valence-corrected chi connectivity index (χ1v) is 5.27. The highest BCUT2D eigenvalue weighted by Crippen LogP contribution is 2.20. The Labute approximate surface area is 103 Å². The van der Waals surface area contributed by atoms with Crippen LogP contribution in [0.3, 0.4) is 0 Å². The highest BCUT2D eigenvalue weighted by Gasteiger charge is 2.14. The third-order valence-corrected chi connectivity index (χ3v) is 2.30. The normalized spacial score (nSPS) is 11.9. The molecule has 6 nitrogen and oxygen atoms in total. The van der Waals surface area contributed by atoms with Crippen LogP contribution in [-0.4, -0.2) is 23.4 Å². The average molecular weight is 258 g/mol. The number of hydrogen-bond donors (Lipinski definition) is 2. The molecule has 0 unspecified atom stereocenters. The van der Waals surface area contributed by atoms with Crippen LogP contribution in [0.2, 0.25) is 5.02 Å². The lowest BCUT2D eigenvalue weighted by Gasteiger charge is -2.11. The van der Waals surface area contributed by atoms with E-state index in [1.807, 2.05) is 0 Å². The van der Waals surface area contributed by atoms with Crippen LogP contribution in [0.5, 0.6) is 0 Å². The first-order chi connectivity index (χ1) is 7.93. The van der Waals surface area contributed by atoms with Crippen molar-refractivity contribution in [3.05, 3.63) is 38.9 Å². The number of nitrogens with zero attached hydrogens (tertiary/aromatic N) is 1. The zero-order valence-corrected chi connectivity index (χ0v) is 9.90. The van der Waals surface area contributed by atoms with Crippen molar-refractivity contribution < 1.29 is 9.72 Å². The fourth-order valence-corrected chi connectivity index (χ4v) is 1.41. The van der Waals surface area contributed by atoms with E-state index in [9.17, 15) is 14.9 Å². The van der Waals surface area contributed by atoms with Crippen molar-refractivity contribution in [2.24, 2.45) is 5.73 Å². The van der Waals surface area contributed by atoms with Gasteiger partial charge in [0, 0.05) is 35.3 Å². The van der Waals surface area contributed by atoms with Gasteiger partial charge in [-0.15, -0.1) is 0 Å². The van der Waals surface area contributed by atoms with Gasteiger partial charge in [0.2, 0.25) is 0 Å². The Hall–Kier alpha value is -1.66. The average Bonchev–Trinajstić information content (AvgIpc) is 2.27. The number of nitrogens with one attached hydrogen (secondary N) is 1. The van der Waals surface area contributed by atoms with Crippen molar-refractivity contribution >= 4 is 23.2 Å². The van der Waals surface area contributed by atoms with E-state index in [-0.39, 0.29) is 28.9 Å². The van der Waals surface area contributed by atoms with Crippen LogP contribution in [0, 0.1) is 10.1 Å². The maximum absolute atomic E-state index is 11.7. The first-order valence-electron chi connectivity index (χ1n) is 4.90. The summed E-state index contributed by atoms with van der Waals surface area (Å²) in [4.78, 5) is 21.7. The zero-order chi connectivity index (χ0) is 13.0. The molecule has 0 aliphatic carbocycles. The molecule has 1 aromatic carbocycles. The predicted octanol–water partition coefficient (Wildman–Crippen LogP) is 1.33. The van der Waals surface area contributed by atoms with Crippen LogP contribution in [-0.2, 0) is 0 Å². The number of carbonyl (C=O) groups is 1. The number of rotatable bonds is 4. The minimum Gasteiger partial charge on any atom is -0.348 e. The molecule has 0 fully saturated rings. The highest BCUT2D eigenvalue weighted by molar-refractivity contribution is 6.31. The van der Waals surface area contributed by atoms with Gasteiger partial charge in [0.25, 0.3) is 11.6 Å². The van der Waals surface area contributed by atoms with Crippen LogP contribution < -0.4 is 11.1 Å². The van der Waals surface area contributed by atoms with Crippen molar-refractivity contribution in [3.63, 3.8) is 0 Å². The molecule has 0 heterocycles. The molecule has 0 aromatic heterocycles. The Bertz CT molecular complexity index is 450. The number of nitro groups is 1. The minimum atomic E-state index is -0.602. The molecule has 0 radical (unpaired) electrons. The summed E-state index contributed by atoms with van der Waals surface area (Å²) in [5, 5.41) is 13.3. The molecule has 0 saturated carbocycles. The van der Waals surface area contributed by atoms with Crippen LogP contribution >= 0.6 is 11.6 Å². The number of halogens is 1. The number of nitrogens with two attached hydrogens (primary N) is 1. The summed E-state index contributed by atoms with van der Waals surface area (Å²) < 4.78 is 0.